The van der Waals surface area contributed by atoms with E-state index in [2.05, 4.69) is 12.2 Å². The van der Waals surface area contributed by atoms with E-state index in [9.17, 15) is 14.4 Å². The first-order valence-corrected chi connectivity index (χ1v) is 11.7. The fourth-order valence-electron chi connectivity index (χ4n) is 4.14. The van der Waals surface area contributed by atoms with Gasteiger partial charge in [-0.25, -0.2) is 9.69 Å². The second-order valence-electron chi connectivity index (χ2n) is 8.45. The number of imide groups is 1. The van der Waals surface area contributed by atoms with E-state index in [1.807, 2.05) is 36.4 Å². The van der Waals surface area contributed by atoms with Crippen molar-refractivity contribution in [3.63, 3.8) is 0 Å². The number of aryl methyl sites for hydroxylation is 1. The van der Waals surface area contributed by atoms with E-state index >= 15 is 0 Å². The molecule has 1 saturated heterocycles. The summed E-state index contributed by atoms with van der Waals surface area (Å²) in [5.41, 5.74) is 3.00. The monoisotopic (exact) mass is 487 g/mol. The molecule has 8 heteroatoms. The number of hydrogen-bond acceptors (Lipinski definition) is 5. The Morgan fingerprint density at radius 1 is 0.889 bits per heavy atom. The highest BCUT2D eigenvalue weighted by Crippen LogP contribution is 2.31. The van der Waals surface area contributed by atoms with Gasteiger partial charge in [-0.3, -0.25) is 9.59 Å². The Morgan fingerprint density at radius 3 is 2.19 bits per heavy atom. The molecule has 3 aromatic carbocycles. The van der Waals surface area contributed by atoms with Crippen LogP contribution in [0.1, 0.15) is 24.5 Å². The third-order valence-corrected chi connectivity index (χ3v) is 6.17. The lowest BCUT2D eigenvalue weighted by atomic mass is 10.1. The maximum atomic E-state index is 13.5. The fourth-order valence-corrected chi connectivity index (χ4v) is 4.14. The van der Waals surface area contributed by atoms with Gasteiger partial charge in [-0.05, 0) is 53.9 Å². The van der Waals surface area contributed by atoms with E-state index in [1.165, 1.54) is 12.0 Å². The van der Waals surface area contributed by atoms with Gasteiger partial charge in [0.15, 0.2) is 0 Å². The molecule has 1 heterocycles. The van der Waals surface area contributed by atoms with Crippen molar-refractivity contribution >= 4 is 29.2 Å². The average molecular weight is 488 g/mol. The molecule has 1 N–H and O–H groups in total. The zero-order chi connectivity index (χ0) is 25.7. The van der Waals surface area contributed by atoms with Gasteiger partial charge in [0, 0.05) is 18.3 Å². The number of amides is 4. The first kappa shape index (κ1) is 24.8. The van der Waals surface area contributed by atoms with Gasteiger partial charge in [0.1, 0.15) is 17.5 Å². The molecule has 0 spiro atoms. The molecular formula is C28H29N3O5. The normalized spacial score (nSPS) is 15.2. The highest BCUT2D eigenvalue weighted by Gasteiger charge is 2.46. The van der Waals surface area contributed by atoms with Crippen molar-refractivity contribution in [3.05, 3.63) is 83.9 Å². The van der Waals surface area contributed by atoms with Crippen LogP contribution >= 0.6 is 0 Å². The van der Waals surface area contributed by atoms with Gasteiger partial charge in [0.05, 0.1) is 26.3 Å². The Morgan fingerprint density at radius 2 is 1.56 bits per heavy atom. The van der Waals surface area contributed by atoms with Crippen molar-refractivity contribution in [2.45, 2.75) is 32.4 Å². The lowest BCUT2D eigenvalue weighted by molar-refractivity contribution is -0.124. The molecule has 8 nitrogen and oxygen atoms in total. The van der Waals surface area contributed by atoms with Gasteiger partial charge in [0.2, 0.25) is 5.91 Å². The number of rotatable bonds is 9. The van der Waals surface area contributed by atoms with Gasteiger partial charge in [0.25, 0.3) is 5.91 Å². The Hall–Kier alpha value is -4.33. The number of carbonyl (C=O) groups excluding carboxylic acids is 3. The quantitative estimate of drug-likeness (QED) is 0.445. The van der Waals surface area contributed by atoms with Gasteiger partial charge in [-0.2, -0.15) is 0 Å². The maximum absolute atomic E-state index is 13.5. The summed E-state index contributed by atoms with van der Waals surface area (Å²) in [6.45, 7) is 2.22. The number of ether oxygens (including phenoxy) is 2. The van der Waals surface area contributed by atoms with E-state index < -0.39 is 18.0 Å². The van der Waals surface area contributed by atoms with Crippen molar-refractivity contribution < 1.29 is 23.9 Å². The predicted molar refractivity (Wildman–Crippen MR) is 137 cm³/mol. The molecule has 4 rings (SSSR count). The molecule has 3 aromatic rings. The molecule has 1 atom stereocenters. The van der Waals surface area contributed by atoms with E-state index in [0.29, 0.717) is 22.9 Å². The Labute approximate surface area is 210 Å². The molecule has 1 aliphatic rings. The Kier molecular flexibility index (Phi) is 7.53. The summed E-state index contributed by atoms with van der Waals surface area (Å²) in [5.74, 6) is 0.396. The Bertz CT molecular complexity index is 1240. The smallest absolute Gasteiger partial charge is 0.332 e. The molecule has 186 valence electrons. The summed E-state index contributed by atoms with van der Waals surface area (Å²) >= 11 is 0. The standard InChI is InChI=1S/C28H29N3O5/c1-4-19-8-12-21(13-9-19)29-26(32)17-25-27(33)31(22-6-5-7-24(16-22)36-3)28(34)30(25)18-20-10-14-23(35-2)15-11-20/h5-16,25H,4,17-18H2,1-3H3,(H,29,32)/t25-/m1/s1. The van der Waals surface area contributed by atoms with Crippen LogP contribution in [0.4, 0.5) is 16.2 Å². The summed E-state index contributed by atoms with van der Waals surface area (Å²) in [6, 6.07) is 20.1. The number of urea groups is 1. The highest BCUT2D eigenvalue weighted by atomic mass is 16.5. The molecule has 4 amide bonds. The highest BCUT2D eigenvalue weighted by molar-refractivity contribution is 6.22. The van der Waals surface area contributed by atoms with Gasteiger partial charge in [-0.1, -0.05) is 37.3 Å². The molecule has 1 fully saturated rings. The van der Waals surface area contributed by atoms with Crippen LogP contribution in [0.5, 0.6) is 11.5 Å². The number of hydrogen-bond donors (Lipinski definition) is 1. The van der Waals surface area contributed by atoms with Crippen LogP contribution < -0.4 is 19.7 Å². The average Bonchev–Trinajstić information content (AvgIpc) is 3.13. The van der Waals surface area contributed by atoms with E-state index in [4.69, 9.17) is 9.47 Å². The number of anilines is 2. The summed E-state index contributed by atoms with van der Waals surface area (Å²) in [6.07, 6.45) is 0.726. The number of nitrogens with one attached hydrogen (secondary N) is 1. The van der Waals surface area contributed by atoms with Gasteiger partial charge < -0.3 is 19.7 Å². The molecular weight excluding hydrogens is 458 g/mol. The fraction of sp³-hybridized carbons (Fsp3) is 0.250. The molecule has 0 radical (unpaired) electrons. The molecule has 36 heavy (non-hydrogen) atoms. The molecule has 0 bridgehead atoms. The minimum atomic E-state index is -0.958. The zero-order valence-electron chi connectivity index (χ0n) is 20.6. The maximum Gasteiger partial charge on any atom is 0.332 e. The van der Waals surface area contributed by atoms with E-state index in [-0.39, 0.29) is 18.9 Å². The second kappa shape index (κ2) is 10.9. The minimum Gasteiger partial charge on any atom is -0.497 e. The largest absolute Gasteiger partial charge is 0.497 e. The molecule has 1 aliphatic heterocycles. The number of benzene rings is 3. The van der Waals surface area contributed by atoms with Crippen LogP contribution in [0.25, 0.3) is 0 Å². The number of methoxy groups -OCH3 is 2. The van der Waals surface area contributed by atoms with Crippen molar-refractivity contribution in [1.82, 2.24) is 4.90 Å². The van der Waals surface area contributed by atoms with Crippen LogP contribution in [-0.2, 0) is 22.6 Å². The topological polar surface area (TPSA) is 88.2 Å². The Balaban J connectivity index is 1.59. The van der Waals surface area contributed by atoms with Crippen molar-refractivity contribution in [3.8, 4) is 11.5 Å². The number of nitrogens with zero attached hydrogens (tertiary/aromatic N) is 2. The number of carbonyl (C=O) groups is 3. The van der Waals surface area contributed by atoms with Gasteiger partial charge >= 0.3 is 6.03 Å². The molecule has 0 saturated carbocycles. The van der Waals surface area contributed by atoms with Crippen LogP contribution in [0, 0.1) is 0 Å². The van der Waals surface area contributed by atoms with Crippen LogP contribution in [-0.4, -0.2) is 43.0 Å². The lowest BCUT2D eigenvalue weighted by Gasteiger charge is -2.22. The lowest BCUT2D eigenvalue weighted by Crippen LogP contribution is -2.37. The molecule has 0 aromatic heterocycles. The van der Waals surface area contributed by atoms with Gasteiger partial charge in [-0.15, -0.1) is 0 Å². The van der Waals surface area contributed by atoms with E-state index in [0.717, 1.165) is 22.4 Å². The van der Waals surface area contributed by atoms with Crippen molar-refractivity contribution in [2.75, 3.05) is 24.4 Å². The SMILES string of the molecule is CCc1ccc(NC(=O)C[C@@H]2C(=O)N(c3cccc(OC)c3)C(=O)N2Cc2ccc(OC)cc2)cc1. The van der Waals surface area contributed by atoms with Crippen LogP contribution in [0.15, 0.2) is 72.8 Å². The minimum absolute atomic E-state index is 0.165. The summed E-state index contributed by atoms with van der Waals surface area (Å²) in [5, 5.41) is 2.84. The van der Waals surface area contributed by atoms with Crippen molar-refractivity contribution in [1.29, 1.82) is 0 Å². The van der Waals surface area contributed by atoms with E-state index in [1.54, 1.807) is 43.5 Å². The van der Waals surface area contributed by atoms with Crippen LogP contribution in [0.3, 0.4) is 0 Å². The summed E-state index contributed by atoms with van der Waals surface area (Å²) < 4.78 is 10.5. The summed E-state index contributed by atoms with van der Waals surface area (Å²) in [7, 11) is 3.09. The third-order valence-electron chi connectivity index (χ3n) is 6.17. The zero-order valence-corrected chi connectivity index (χ0v) is 20.6. The molecule has 0 unspecified atom stereocenters. The summed E-state index contributed by atoms with van der Waals surface area (Å²) in [4.78, 5) is 42.5. The predicted octanol–water partition coefficient (Wildman–Crippen LogP) is 4.63. The van der Waals surface area contributed by atoms with Crippen LogP contribution in [0.2, 0.25) is 0 Å². The molecule has 0 aliphatic carbocycles. The first-order chi connectivity index (χ1) is 17.4. The first-order valence-electron chi connectivity index (χ1n) is 11.7. The second-order valence-corrected chi connectivity index (χ2v) is 8.45. The van der Waals surface area contributed by atoms with Crippen molar-refractivity contribution in [2.24, 2.45) is 0 Å². The third kappa shape index (κ3) is 5.33.